The molecule has 41 heavy (non-hydrogen) atoms. The van der Waals surface area contributed by atoms with Crippen LogP contribution in [0.3, 0.4) is 0 Å². The van der Waals surface area contributed by atoms with Crippen LogP contribution in [-0.4, -0.2) is 80.2 Å². The molecular formula is C32H42N6O2S. The van der Waals surface area contributed by atoms with Gasteiger partial charge in [-0.15, -0.1) is 11.3 Å². The number of nitrogens with zero attached hydrogens (tertiary/aromatic N) is 5. The second kappa shape index (κ2) is 9.64. The molecule has 0 unspecified atom stereocenters. The molecule has 8 rings (SSSR count). The van der Waals surface area contributed by atoms with E-state index in [0.717, 1.165) is 83.6 Å². The number of amides is 1. The zero-order valence-electron chi connectivity index (χ0n) is 24.5. The minimum atomic E-state index is -0.233. The van der Waals surface area contributed by atoms with Crippen LogP contribution in [-0.2, 0) is 22.4 Å². The van der Waals surface area contributed by atoms with Gasteiger partial charge in [0.1, 0.15) is 16.7 Å². The molecule has 4 aromatic heterocycles. The number of hydrogen-bond donors (Lipinski definition) is 1. The van der Waals surface area contributed by atoms with Crippen molar-refractivity contribution in [3.63, 3.8) is 0 Å². The number of ether oxygens (including phenoxy) is 1. The van der Waals surface area contributed by atoms with Gasteiger partial charge in [-0.05, 0) is 80.4 Å². The molecule has 0 radical (unpaired) electrons. The van der Waals surface area contributed by atoms with Gasteiger partial charge < -0.3 is 14.6 Å². The maximum atomic E-state index is 13.7. The summed E-state index contributed by atoms with van der Waals surface area (Å²) in [6.07, 6.45) is 11.4. The molecule has 2 saturated heterocycles. The summed E-state index contributed by atoms with van der Waals surface area (Å²) >= 11 is 1.95. The second-order valence-electron chi connectivity index (χ2n) is 12.9. The highest BCUT2D eigenvalue weighted by atomic mass is 32.1. The fourth-order valence-electron chi connectivity index (χ4n) is 8.11. The molecule has 0 atom stereocenters. The summed E-state index contributed by atoms with van der Waals surface area (Å²) in [5.41, 5.74) is 9.03. The summed E-state index contributed by atoms with van der Waals surface area (Å²) in [4.78, 5) is 29.5. The largest absolute Gasteiger partial charge is 0.379 e. The molecule has 0 bridgehead atoms. The molecule has 9 heteroatoms. The number of thiophene rings is 1. The van der Waals surface area contributed by atoms with E-state index in [-0.39, 0.29) is 6.97 Å². The highest BCUT2D eigenvalue weighted by Gasteiger charge is 2.56. The van der Waals surface area contributed by atoms with Crippen LogP contribution < -0.4 is 0 Å². The first-order chi connectivity index (χ1) is 20.0. The maximum Gasteiger partial charge on any atom is 0.243 e. The Morgan fingerprint density at radius 1 is 1.15 bits per heavy atom. The van der Waals surface area contributed by atoms with Crippen LogP contribution in [0.5, 0.6) is 0 Å². The summed E-state index contributed by atoms with van der Waals surface area (Å²) in [7, 11) is 0. The van der Waals surface area contributed by atoms with Gasteiger partial charge in [-0.25, -0.2) is 9.50 Å². The lowest BCUT2D eigenvalue weighted by Gasteiger charge is -2.39. The Kier molecular flexibility index (Phi) is 6.10. The quantitative estimate of drug-likeness (QED) is 0.332. The van der Waals surface area contributed by atoms with Gasteiger partial charge in [-0.2, -0.15) is 5.10 Å². The number of carbonyl (C=O) groups excluding carboxylic acids is 1. The van der Waals surface area contributed by atoms with Gasteiger partial charge in [0.05, 0.1) is 18.9 Å². The molecule has 1 saturated carbocycles. The number of rotatable bonds is 5. The number of piperidine rings is 1. The summed E-state index contributed by atoms with van der Waals surface area (Å²) in [5, 5.41) is 5.93. The van der Waals surface area contributed by atoms with E-state index >= 15 is 0 Å². The SMILES string of the molecule is Cc1c(C2CCN(C(=O)C3(N4CCOCC4)CC3)CC2)sc2[nH]c(-c3cn4ncnc4c4c3CCC4)c(C(C)C)c12.[HH]. The lowest BCUT2D eigenvalue weighted by molar-refractivity contribution is -0.142. The van der Waals surface area contributed by atoms with Crippen LogP contribution in [0.1, 0.15) is 86.3 Å². The zero-order chi connectivity index (χ0) is 27.9. The van der Waals surface area contributed by atoms with Gasteiger partial charge in [0.25, 0.3) is 0 Å². The number of nitrogens with one attached hydrogen (secondary N) is 1. The van der Waals surface area contributed by atoms with Crippen molar-refractivity contribution in [3.8, 4) is 11.3 Å². The molecule has 218 valence electrons. The standard InChI is InChI=1S/C32H40N6O2S.H2/c1-19(2)25-26-20(3)28(21-7-11-36(12-8-21)31(39)32(9-10-32)37-13-15-40-16-14-37)41-30(26)35-27(25)24-17-38-29(33-18-34-38)23-6-4-5-22(23)24;/h17-19,21,35H,4-16H2,1-3H3;1H. The fraction of sp³-hybridized carbons (Fsp3) is 0.594. The number of likely N-dealkylation sites (tertiary alicyclic amines) is 1. The number of H-pyrrole nitrogens is 1. The summed E-state index contributed by atoms with van der Waals surface area (Å²) in [6.45, 7) is 12.0. The number of fused-ring (bicyclic) bond motifs is 4. The van der Waals surface area contributed by atoms with E-state index in [1.807, 2.05) is 15.9 Å². The first-order valence-electron chi connectivity index (χ1n) is 15.6. The molecule has 4 aromatic rings. The monoisotopic (exact) mass is 574 g/mol. The van der Waals surface area contributed by atoms with Crippen LogP contribution >= 0.6 is 11.3 Å². The Morgan fingerprint density at radius 2 is 1.90 bits per heavy atom. The number of aryl methyl sites for hydroxylation is 2. The lowest BCUT2D eigenvalue weighted by Crippen LogP contribution is -2.55. The van der Waals surface area contributed by atoms with Crippen molar-refractivity contribution >= 4 is 33.1 Å². The highest BCUT2D eigenvalue weighted by Crippen LogP contribution is 2.48. The third-order valence-electron chi connectivity index (χ3n) is 10.3. The molecular weight excluding hydrogens is 532 g/mol. The van der Waals surface area contributed by atoms with E-state index in [1.54, 1.807) is 6.33 Å². The normalized spacial score (nSPS) is 21.4. The van der Waals surface area contributed by atoms with Crippen molar-refractivity contribution in [2.45, 2.75) is 83.1 Å². The average Bonchev–Trinajstić information content (AvgIpc) is 3.34. The third kappa shape index (κ3) is 3.95. The smallest absolute Gasteiger partial charge is 0.243 e. The number of pyridine rings is 1. The van der Waals surface area contributed by atoms with Crippen molar-refractivity contribution in [3.05, 3.63) is 39.7 Å². The first-order valence-corrected chi connectivity index (χ1v) is 16.4. The van der Waals surface area contributed by atoms with Crippen molar-refractivity contribution in [2.24, 2.45) is 0 Å². The zero-order valence-corrected chi connectivity index (χ0v) is 25.3. The maximum absolute atomic E-state index is 13.7. The van der Waals surface area contributed by atoms with E-state index < -0.39 is 0 Å². The van der Waals surface area contributed by atoms with Crippen LogP contribution in [0.15, 0.2) is 12.5 Å². The van der Waals surface area contributed by atoms with Crippen molar-refractivity contribution in [1.82, 2.24) is 29.4 Å². The number of hydrogen-bond acceptors (Lipinski definition) is 6. The summed E-state index contributed by atoms with van der Waals surface area (Å²) in [6, 6.07) is 0. The summed E-state index contributed by atoms with van der Waals surface area (Å²) in [5.74, 6) is 1.29. The van der Waals surface area contributed by atoms with E-state index in [0.29, 0.717) is 17.7 Å². The minimum Gasteiger partial charge on any atom is -0.379 e. The Morgan fingerprint density at radius 3 is 2.63 bits per heavy atom. The number of morpholine rings is 1. The van der Waals surface area contributed by atoms with E-state index in [9.17, 15) is 4.79 Å². The number of aromatic amines is 1. The molecule has 4 aliphatic rings. The number of carbonyl (C=O) groups is 1. The van der Waals surface area contributed by atoms with Gasteiger partial charge in [-0.3, -0.25) is 9.69 Å². The van der Waals surface area contributed by atoms with E-state index in [4.69, 9.17) is 4.74 Å². The molecule has 0 aromatic carbocycles. The number of aromatic nitrogens is 4. The molecule has 2 aliphatic heterocycles. The Bertz CT molecular complexity index is 1650. The van der Waals surface area contributed by atoms with Gasteiger partial charge in [0.2, 0.25) is 5.91 Å². The average molecular weight is 575 g/mol. The van der Waals surface area contributed by atoms with Gasteiger partial charge >= 0.3 is 0 Å². The first kappa shape index (κ1) is 25.9. The third-order valence-corrected chi connectivity index (χ3v) is 11.7. The van der Waals surface area contributed by atoms with Gasteiger partial charge in [0.15, 0.2) is 5.65 Å². The lowest BCUT2D eigenvalue weighted by atomic mass is 9.89. The van der Waals surface area contributed by atoms with Gasteiger partial charge in [-0.1, -0.05) is 13.8 Å². The minimum absolute atomic E-state index is 0. The topological polar surface area (TPSA) is 78.8 Å². The van der Waals surface area contributed by atoms with E-state index in [2.05, 4.69) is 51.8 Å². The van der Waals surface area contributed by atoms with Crippen molar-refractivity contribution in [1.29, 1.82) is 0 Å². The van der Waals surface area contributed by atoms with E-state index in [1.165, 1.54) is 55.0 Å². The van der Waals surface area contributed by atoms with Crippen LogP contribution in [0.2, 0.25) is 0 Å². The van der Waals surface area contributed by atoms with Crippen molar-refractivity contribution < 1.29 is 11.0 Å². The molecule has 6 heterocycles. The predicted molar refractivity (Wildman–Crippen MR) is 164 cm³/mol. The van der Waals surface area contributed by atoms with Gasteiger partial charge in [0, 0.05) is 55.2 Å². The molecule has 1 N–H and O–H groups in total. The van der Waals surface area contributed by atoms with Crippen LogP contribution in [0, 0.1) is 6.92 Å². The van der Waals surface area contributed by atoms with Crippen LogP contribution in [0.4, 0.5) is 0 Å². The van der Waals surface area contributed by atoms with Crippen LogP contribution in [0.25, 0.3) is 27.1 Å². The summed E-state index contributed by atoms with van der Waals surface area (Å²) < 4.78 is 7.52. The second-order valence-corrected chi connectivity index (χ2v) is 14.0. The Balaban J connectivity index is 0.00000288. The predicted octanol–water partition coefficient (Wildman–Crippen LogP) is 5.68. The molecule has 8 nitrogen and oxygen atoms in total. The molecule has 1 amide bonds. The Hall–Kier alpha value is -2.75. The molecule has 3 fully saturated rings. The fourth-order valence-corrected chi connectivity index (χ4v) is 9.50. The molecule has 0 spiro atoms. The highest BCUT2D eigenvalue weighted by molar-refractivity contribution is 7.19. The van der Waals surface area contributed by atoms with Crippen molar-refractivity contribution in [2.75, 3.05) is 39.4 Å². The molecule has 2 aliphatic carbocycles. The Labute approximate surface area is 246 Å².